The normalized spacial score (nSPS) is 10.6. The fourth-order valence-electron chi connectivity index (χ4n) is 3.55. The van der Waals surface area contributed by atoms with Gasteiger partial charge in [-0.25, -0.2) is 0 Å². The van der Waals surface area contributed by atoms with E-state index in [0.29, 0.717) is 12.2 Å². The number of aromatic hydroxyl groups is 1. The van der Waals surface area contributed by atoms with Crippen LogP contribution in [0.5, 0.6) is 11.5 Å². The van der Waals surface area contributed by atoms with Crippen LogP contribution in [-0.4, -0.2) is 36.7 Å². The van der Waals surface area contributed by atoms with Crippen molar-refractivity contribution in [2.24, 2.45) is 0 Å². The summed E-state index contributed by atoms with van der Waals surface area (Å²) in [4.78, 5) is 26.6. The highest BCUT2D eigenvalue weighted by atomic mass is 16.5. The molecule has 0 spiro atoms. The van der Waals surface area contributed by atoms with E-state index in [2.05, 4.69) is 5.32 Å². The number of benzene rings is 3. The third-order valence-corrected chi connectivity index (χ3v) is 5.21. The van der Waals surface area contributed by atoms with Crippen LogP contribution in [0.15, 0.2) is 72.8 Å². The van der Waals surface area contributed by atoms with E-state index in [-0.39, 0.29) is 30.7 Å². The number of nitrogens with one attached hydrogen (secondary N) is 1. The second-order valence-electron chi connectivity index (χ2n) is 8.06. The monoisotopic (exact) mass is 462 g/mol. The molecule has 0 aliphatic rings. The molecule has 34 heavy (non-hydrogen) atoms. The number of phenolic OH excluding ortho intramolecular Hbond substituents is 1. The first-order valence-electron chi connectivity index (χ1n) is 11.1. The second kappa shape index (κ2) is 11.7. The molecular weight excluding hydrogens is 432 g/mol. The van der Waals surface area contributed by atoms with Gasteiger partial charge in [-0.2, -0.15) is 0 Å². The molecule has 7 nitrogen and oxygen atoms in total. The minimum Gasteiger partial charge on any atom is -0.504 e. The predicted octanol–water partition coefficient (Wildman–Crippen LogP) is 5.06. The molecule has 0 heterocycles. The molecule has 178 valence electrons. The summed E-state index contributed by atoms with van der Waals surface area (Å²) >= 11 is 0. The van der Waals surface area contributed by atoms with Gasteiger partial charge in [-0.15, -0.1) is 0 Å². The van der Waals surface area contributed by atoms with Crippen LogP contribution < -0.4 is 15.0 Å². The third kappa shape index (κ3) is 6.75. The van der Waals surface area contributed by atoms with Crippen LogP contribution in [0, 0.1) is 0 Å². The summed E-state index contributed by atoms with van der Waals surface area (Å²) in [5.74, 6) is -0.389. The number of para-hydroxylation sites is 1. The molecule has 3 aromatic carbocycles. The Morgan fingerprint density at radius 1 is 0.971 bits per heavy atom. The molecule has 0 fully saturated rings. The zero-order valence-electron chi connectivity index (χ0n) is 19.7. The van der Waals surface area contributed by atoms with E-state index in [1.807, 2.05) is 68.4 Å². The molecule has 0 unspecified atom stereocenters. The number of methoxy groups -OCH3 is 1. The summed E-state index contributed by atoms with van der Waals surface area (Å²) in [7, 11) is 1.47. The molecular formula is C27H30N2O5. The van der Waals surface area contributed by atoms with Crippen LogP contribution in [0.3, 0.4) is 0 Å². The van der Waals surface area contributed by atoms with Gasteiger partial charge < -0.3 is 24.8 Å². The SMILES string of the molecule is COc1ccc(CCC(=O)OCC(=O)N(c2ccc(Nc3ccccc3)cc2)C(C)C)cc1O. The minimum absolute atomic E-state index is 0.0149. The Bertz CT molecular complexity index is 1100. The summed E-state index contributed by atoms with van der Waals surface area (Å²) in [6.45, 7) is 3.48. The highest BCUT2D eigenvalue weighted by Crippen LogP contribution is 2.27. The lowest BCUT2D eigenvalue weighted by Gasteiger charge is -2.27. The molecule has 3 rings (SSSR count). The van der Waals surface area contributed by atoms with E-state index in [4.69, 9.17) is 9.47 Å². The molecule has 2 N–H and O–H groups in total. The number of hydrogen-bond acceptors (Lipinski definition) is 6. The average molecular weight is 463 g/mol. The van der Waals surface area contributed by atoms with Gasteiger partial charge in [0.2, 0.25) is 0 Å². The maximum atomic E-state index is 12.8. The number of phenols is 1. The number of anilines is 3. The summed E-state index contributed by atoms with van der Waals surface area (Å²) in [6, 6.07) is 22.2. The van der Waals surface area contributed by atoms with Crippen molar-refractivity contribution in [1.82, 2.24) is 0 Å². The second-order valence-corrected chi connectivity index (χ2v) is 8.06. The average Bonchev–Trinajstić information content (AvgIpc) is 2.83. The van der Waals surface area contributed by atoms with Crippen LogP contribution in [0.1, 0.15) is 25.8 Å². The maximum absolute atomic E-state index is 12.8. The van der Waals surface area contributed by atoms with E-state index >= 15 is 0 Å². The van der Waals surface area contributed by atoms with Gasteiger partial charge in [-0.3, -0.25) is 9.59 Å². The maximum Gasteiger partial charge on any atom is 0.306 e. The van der Waals surface area contributed by atoms with Gasteiger partial charge in [0.05, 0.1) is 7.11 Å². The van der Waals surface area contributed by atoms with Gasteiger partial charge in [0.15, 0.2) is 18.1 Å². The fourth-order valence-corrected chi connectivity index (χ4v) is 3.55. The van der Waals surface area contributed by atoms with Gasteiger partial charge in [0.25, 0.3) is 5.91 Å². The van der Waals surface area contributed by atoms with Crippen LogP contribution >= 0.6 is 0 Å². The Balaban J connectivity index is 1.54. The quantitative estimate of drug-likeness (QED) is 0.410. The van der Waals surface area contributed by atoms with Crippen molar-refractivity contribution in [3.8, 4) is 11.5 Å². The zero-order valence-corrected chi connectivity index (χ0v) is 19.7. The number of hydrogen-bond donors (Lipinski definition) is 2. The van der Waals surface area contributed by atoms with Crippen molar-refractivity contribution in [3.63, 3.8) is 0 Å². The summed E-state index contributed by atoms with van der Waals surface area (Å²) in [5, 5.41) is 13.2. The van der Waals surface area contributed by atoms with Crippen molar-refractivity contribution in [2.45, 2.75) is 32.7 Å². The Morgan fingerprint density at radius 3 is 2.26 bits per heavy atom. The van der Waals surface area contributed by atoms with Crippen LogP contribution in [0.25, 0.3) is 0 Å². The molecule has 0 atom stereocenters. The Labute approximate surface area is 199 Å². The number of nitrogens with zero attached hydrogens (tertiary/aromatic N) is 1. The van der Waals surface area contributed by atoms with Crippen molar-refractivity contribution in [1.29, 1.82) is 0 Å². The number of rotatable bonds is 10. The molecule has 7 heteroatoms. The predicted molar refractivity (Wildman–Crippen MR) is 133 cm³/mol. The highest BCUT2D eigenvalue weighted by molar-refractivity contribution is 5.95. The van der Waals surface area contributed by atoms with Gasteiger partial charge >= 0.3 is 5.97 Å². The van der Waals surface area contributed by atoms with Gasteiger partial charge in [0, 0.05) is 29.5 Å². The molecule has 0 aliphatic carbocycles. The van der Waals surface area contributed by atoms with Gasteiger partial charge in [-0.1, -0.05) is 24.3 Å². The lowest BCUT2D eigenvalue weighted by Crippen LogP contribution is -2.39. The Hall–Kier alpha value is -4.00. The molecule has 0 aliphatic heterocycles. The largest absolute Gasteiger partial charge is 0.504 e. The van der Waals surface area contributed by atoms with E-state index in [9.17, 15) is 14.7 Å². The summed E-state index contributed by atoms with van der Waals surface area (Å²) < 4.78 is 10.2. The number of esters is 1. The summed E-state index contributed by atoms with van der Waals surface area (Å²) in [5.41, 5.74) is 3.38. The molecule has 0 bridgehead atoms. The first-order chi connectivity index (χ1) is 16.4. The van der Waals surface area contributed by atoms with E-state index in [1.165, 1.54) is 7.11 Å². The minimum atomic E-state index is -0.477. The topological polar surface area (TPSA) is 88.1 Å². The molecule has 1 amide bonds. The van der Waals surface area contributed by atoms with Crippen molar-refractivity contribution < 1.29 is 24.2 Å². The van der Waals surface area contributed by atoms with Crippen LogP contribution in [0.4, 0.5) is 17.1 Å². The zero-order chi connectivity index (χ0) is 24.5. The van der Waals surface area contributed by atoms with Crippen molar-refractivity contribution >= 4 is 28.9 Å². The molecule has 3 aromatic rings. The molecule has 0 saturated heterocycles. The number of amides is 1. The van der Waals surface area contributed by atoms with Crippen molar-refractivity contribution in [2.75, 3.05) is 23.9 Å². The summed E-state index contributed by atoms with van der Waals surface area (Å²) in [6.07, 6.45) is 0.481. The first-order valence-corrected chi connectivity index (χ1v) is 11.1. The molecule has 0 radical (unpaired) electrons. The standard InChI is InChI=1S/C27H30N2O5/c1-19(2)29(23-13-11-22(12-14-23)28-21-7-5-4-6-8-21)26(31)18-34-27(32)16-10-20-9-15-25(33-3)24(30)17-20/h4-9,11-15,17,19,28,30H,10,16,18H2,1-3H3. The lowest BCUT2D eigenvalue weighted by atomic mass is 10.1. The van der Waals surface area contributed by atoms with Crippen LogP contribution in [0.2, 0.25) is 0 Å². The Morgan fingerprint density at radius 2 is 1.65 bits per heavy atom. The van der Waals surface area contributed by atoms with Crippen LogP contribution in [-0.2, 0) is 20.7 Å². The smallest absolute Gasteiger partial charge is 0.306 e. The number of aryl methyl sites for hydroxylation is 1. The highest BCUT2D eigenvalue weighted by Gasteiger charge is 2.20. The Kier molecular flexibility index (Phi) is 8.51. The van der Waals surface area contributed by atoms with Gasteiger partial charge in [0.1, 0.15) is 0 Å². The molecule has 0 aromatic heterocycles. The number of ether oxygens (including phenoxy) is 2. The van der Waals surface area contributed by atoms with E-state index in [0.717, 1.165) is 22.6 Å². The van der Waals surface area contributed by atoms with Crippen molar-refractivity contribution in [3.05, 3.63) is 78.4 Å². The fraction of sp³-hybridized carbons (Fsp3) is 0.259. The lowest BCUT2D eigenvalue weighted by molar-refractivity contribution is -0.147. The van der Waals surface area contributed by atoms with E-state index in [1.54, 1.807) is 23.1 Å². The first kappa shape index (κ1) is 24.6. The third-order valence-electron chi connectivity index (χ3n) is 5.21. The molecule has 0 saturated carbocycles. The van der Waals surface area contributed by atoms with E-state index < -0.39 is 5.97 Å². The van der Waals surface area contributed by atoms with Gasteiger partial charge in [-0.05, 0) is 74.4 Å². The number of carbonyl (C=O) groups is 2. The number of carbonyl (C=O) groups excluding carboxylic acids is 2.